The number of fused-ring (bicyclic) bond motifs is 3. The fourth-order valence-electron chi connectivity index (χ4n) is 6.96. The highest BCUT2D eigenvalue weighted by Crippen LogP contribution is 2.57. The molecule has 2 bridgehead atoms. The molecule has 5 nitrogen and oxygen atoms in total. The third kappa shape index (κ3) is 2.61. The molecule has 9 atom stereocenters. The van der Waals surface area contributed by atoms with Crippen molar-refractivity contribution in [1.29, 1.82) is 5.26 Å². The van der Waals surface area contributed by atoms with Gasteiger partial charge < -0.3 is 15.7 Å². The summed E-state index contributed by atoms with van der Waals surface area (Å²) in [5.41, 5.74) is 5.57. The molecule has 5 heteroatoms. The van der Waals surface area contributed by atoms with E-state index in [1.165, 1.54) is 0 Å². The van der Waals surface area contributed by atoms with E-state index in [4.69, 9.17) is 5.73 Å². The van der Waals surface area contributed by atoms with Crippen LogP contribution < -0.4 is 5.73 Å². The minimum atomic E-state index is -0.740. The molecule has 4 aliphatic rings. The number of nitrogens with zero attached hydrogens (tertiary/aromatic N) is 2. The molecule has 3 aliphatic carbocycles. The SMILES string of the molecule is CC1CC2CC(C)(O)CC([C@H](N)C(=O)N3C4C(C)C4C[C@H]3C#N)(C1)C2. The molecule has 3 N–H and O–H groups in total. The Kier molecular flexibility index (Phi) is 3.76. The molecule has 138 valence electrons. The Bertz CT molecular complexity index is 623. The molecule has 0 aromatic carbocycles. The van der Waals surface area contributed by atoms with E-state index in [0.29, 0.717) is 30.1 Å². The van der Waals surface area contributed by atoms with Gasteiger partial charge in [0.15, 0.2) is 0 Å². The zero-order valence-corrected chi connectivity index (χ0v) is 15.6. The molecule has 0 aromatic heterocycles. The number of hydrogen-bond donors (Lipinski definition) is 2. The van der Waals surface area contributed by atoms with Crippen LogP contribution in [0.15, 0.2) is 0 Å². The van der Waals surface area contributed by atoms with Crippen molar-refractivity contribution >= 4 is 5.91 Å². The molecule has 25 heavy (non-hydrogen) atoms. The summed E-state index contributed by atoms with van der Waals surface area (Å²) in [7, 11) is 0. The second-order valence-corrected chi connectivity index (χ2v) is 9.97. The van der Waals surface area contributed by atoms with Crippen LogP contribution in [0.25, 0.3) is 0 Å². The molecule has 0 aromatic rings. The number of carbonyl (C=O) groups is 1. The Morgan fingerprint density at radius 1 is 1.32 bits per heavy atom. The number of nitriles is 1. The minimum absolute atomic E-state index is 0.0473. The second kappa shape index (κ2) is 5.44. The summed E-state index contributed by atoms with van der Waals surface area (Å²) >= 11 is 0. The van der Waals surface area contributed by atoms with Gasteiger partial charge in [0.05, 0.1) is 17.7 Å². The zero-order valence-electron chi connectivity index (χ0n) is 15.6. The van der Waals surface area contributed by atoms with Crippen LogP contribution in [0.4, 0.5) is 0 Å². The molecule has 1 heterocycles. The number of nitrogens with two attached hydrogens (primary N) is 1. The van der Waals surface area contributed by atoms with Crippen LogP contribution in [0.5, 0.6) is 0 Å². The topological polar surface area (TPSA) is 90.3 Å². The molecular formula is C20H31N3O2. The van der Waals surface area contributed by atoms with E-state index in [0.717, 1.165) is 32.1 Å². The van der Waals surface area contributed by atoms with Crippen molar-refractivity contribution in [3.05, 3.63) is 0 Å². The normalized spacial score (nSPS) is 52.2. The maximum absolute atomic E-state index is 13.4. The Balaban J connectivity index is 1.61. The fraction of sp³-hybridized carbons (Fsp3) is 0.900. The fourth-order valence-corrected chi connectivity index (χ4v) is 6.96. The number of amides is 1. The average molecular weight is 345 g/mol. The van der Waals surface area contributed by atoms with E-state index in [9.17, 15) is 15.2 Å². The summed E-state index contributed by atoms with van der Waals surface area (Å²) in [4.78, 5) is 15.2. The van der Waals surface area contributed by atoms with Gasteiger partial charge in [0.1, 0.15) is 6.04 Å². The summed E-state index contributed by atoms with van der Waals surface area (Å²) in [5.74, 6) is 1.90. The van der Waals surface area contributed by atoms with Gasteiger partial charge >= 0.3 is 0 Å². The Hall–Kier alpha value is -1.12. The number of piperidine rings is 1. The van der Waals surface area contributed by atoms with E-state index in [1.54, 1.807) is 0 Å². The van der Waals surface area contributed by atoms with Gasteiger partial charge in [-0.1, -0.05) is 13.8 Å². The summed E-state index contributed by atoms with van der Waals surface area (Å²) < 4.78 is 0. The number of rotatable bonds is 2. The van der Waals surface area contributed by atoms with E-state index < -0.39 is 11.6 Å². The molecule has 0 radical (unpaired) electrons. The van der Waals surface area contributed by atoms with Gasteiger partial charge in [0.25, 0.3) is 0 Å². The van der Waals surface area contributed by atoms with Crippen LogP contribution in [0.1, 0.15) is 59.3 Å². The molecule has 7 unspecified atom stereocenters. The van der Waals surface area contributed by atoms with Gasteiger partial charge in [-0.2, -0.15) is 5.26 Å². The average Bonchev–Trinajstić information content (AvgIpc) is 2.96. The number of hydrogen-bond acceptors (Lipinski definition) is 4. The highest BCUT2D eigenvalue weighted by atomic mass is 16.3. The van der Waals surface area contributed by atoms with Crippen LogP contribution in [-0.4, -0.2) is 39.6 Å². The van der Waals surface area contributed by atoms with Crippen molar-refractivity contribution in [2.45, 2.75) is 83.0 Å². The monoisotopic (exact) mass is 345 g/mol. The van der Waals surface area contributed by atoms with Gasteiger partial charge in [-0.05, 0) is 74.5 Å². The third-order valence-corrected chi connectivity index (χ3v) is 7.64. The maximum Gasteiger partial charge on any atom is 0.241 e. The zero-order chi connectivity index (χ0) is 18.1. The number of aliphatic hydroxyl groups is 1. The van der Waals surface area contributed by atoms with Crippen molar-refractivity contribution < 1.29 is 9.90 Å². The van der Waals surface area contributed by atoms with Crippen LogP contribution in [0.2, 0.25) is 0 Å². The number of carbonyl (C=O) groups excluding carboxylic acids is 1. The largest absolute Gasteiger partial charge is 0.390 e. The summed E-state index contributed by atoms with van der Waals surface area (Å²) in [6.45, 7) is 6.30. The van der Waals surface area contributed by atoms with Gasteiger partial charge in [-0.15, -0.1) is 0 Å². The van der Waals surface area contributed by atoms with Crippen molar-refractivity contribution in [1.82, 2.24) is 4.90 Å². The Morgan fingerprint density at radius 3 is 2.72 bits per heavy atom. The summed E-state index contributed by atoms with van der Waals surface area (Å²) in [6.07, 6.45) is 5.17. The Morgan fingerprint density at radius 2 is 2.04 bits per heavy atom. The predicted molar refractivity (Wildman–Crippen MR) is 94.1 cm³/mol. The quantitative estimate of drug-likeness (QED) is 0.801. The van der Waals surface area contributed by atoms with Crippen molar-refractivity contribution in [2.24, 2.45) is 34.8 Å². The number of likely N-dealkylation sites (tertiary alicyclic amines) is 1. The molecule has 4 fully saturated rings. The molecule has 1 saturated heterocycles. The second-order valence-electron chi connectivity index (χ2n) is 9.97. The van der Waals surface area contributed by atoms with Gasteiger partial charge in [0, 0.05) is 6.04 Å². The van der Waals surface area contributed by atoms with Crippen molar-refractivity contribution in [3.63, 3.8) is 0 Å². The summed E-state index contributed by atoms with van der Waals surface area (Å²) in [6, 6.07) is 1.60. The lowest BCUT2D eigenvalue weighted by Crippen LogP contribution is -2.61. The van der Waals surface area contributed by atoms with Crippen LogP contribution in [0, 0.1) is 40.4 Å². The van der Waals surface area contributed by atoms with Crippen LogP contribution >= 0.6 is 0 Å². The first-order valence-corrected chi connectivity index (χ1v) is 9.87. The molecule has 3 saturated carbocycles. The van der Waals surface area contributed by atoms with Crippen molar-refractivity contribution in [3.8, 4) is 6.07 Å². The lowest BCUT2D eigenvalue weighted by molar-refractivity contribution is -0.146. The van der Waals surface area contributed by atoms with Gasteiger partial charge in [0.2, 0.25) is 5.91 Å². The molecule has 1 amide bonds. The standard InChI is InChI=1S/C20H31N3O2/c1-11-4-13-7-19(3,25)10-20(6-11,8-13)17(22)18(24)23-14(9-21)5-15-12(2)16(15)23/h11-17,25H,4-8,10,22H2,1-3H3/t11?,12?,13?,14-,15?,16?,17+,19?,20?/m0/s1. The molecule has 1 aliphatic heterocycles. The van der Waals surface area contributed by atoms with E-state index in [1.807, 2.05) is 11.8 Å². The highest BCUT2D eigenvalue weighted by Gasteiger charge is 2.62. The smallest absolute Gasteiger partial charge is 0.241 e. The molecule has 4 rings (SSSR count). The van der Waals surface area contributed by atoms with Crippen LogP contribution in [0.3, 0.4) is 0 Å². The van der Waals surface area contributed by atoms with Gasteiger partial charge in [-0.25, -0.2) is 0 Å². The summed E-state index contributed by atoms with van der Waals surface area (Å²) in [5, 5.41) is 20.3. The van der Waals surface area contributed by atoms with E-state index >= 15 is 0 Å². The lowest BCUT2D eigenvalue weighted by atomic mass is 9.53. The Labute approximate surface area is 150 Å². The first-order valence-electron chi connectivity index (χ1n) is 9.87. The first-order chi connectivity index (χ1) is 11.7. The lowest BCUT2D eigenvalue weighted by Gasteiger charge is -2.55. The molecular weight excluding hydrogens is 314 g/mol. The van der Waals surface area contributed by atoms with Crippen molar-refractivity contribution in [2.75, 3.05) is 0 Å². The third-order valence-electron chi connectivity index (χ3n) is 7.64. The van der Waals surface area contributed by atoms with Crippen LogP contribution in [-0.2, 0) is 4.79 Å². The maximum atomic E-state index is 13.4. The van der Waals surface area contributed by atoms with E-state index in [-0.39, 0.29) is 23.4 Å². The van der Waals surface area contributed by atoms with Gasteiger partial charge in [-0.3, -0.25) is 4.79 Å². The molecule has 0 spiro atoms. The van der Waals surface area contributed by atoms with E-state index in [2.05, 4.69) is 19.9 Å². The predicted octanol–water partition coefficient (Wildman–Crippen LogP) is 2.04. The highest BCUT2D eigenvalue weighted by molar-refractivity contribution is 5.84. The minimum Gasteiger partial charge on any atom is -0.390 e. The first kappa shape index (κ1) is 17.3.